The minimum atomic E-state index is 0.366. The molecule has 4 nitrogen and oxygen atoms in total. The van der Waals surface area contributed by atoms with Crippen LogP contribution in [0.3, 0.4) is 0 Å². The first-order valence-electron chi connectivity index (χ1n) is 6.85. The highest BCUT2D eigenvalue weighted by molar-refractivity contribution is 6.32. The Morgan fingerprint density at radius 1 is 1.33 bits per heavy atom. The molecule has 0 aliphatic rings. The number of rotatable bonds is 6. The molecule has 1 N–H and O–H groups in total. The molecule has 0 aliphatic carbocycles. The first kappa shape index (κ1) is 16.1. The number of aryl methyl sites for hydroxylation is 2. The number of nitrogens with one attached hydrogen (secondary N) is 1. The van der Waals surface area contributed by atoms with Crippen LogP contribution in [-0.4, -0.2) is 16.8 Å². The normalized spacial score (nSPS) is 10.9. The third kappa shape index (κ3) is 3.51. The summed E-state index contributed by atoms with van der Waals surface area (Å²) in [6.07, 6.45) is 0. The second-order valence-electron chi connectivity index (χ2n) is 4.70. The molecule has 1 aromatic heterocycles. The van der Waals surface area contributed by atoms with Crippen LogP contribution in [0.1, 0.15) is 23.9 Å². The summed E-state index contributed by atoms with van der Waals surface area (Å²) in [6.45, 7) is 5.69. The maximum atomic E-state index is 6.29. The minimum Gasteiger partial charge on any atom is -0.487 e. The SMILES string of the molecule is CCn1nc(C)c(Cl)c1COc1cccc(Cl)c1CNC. The molecule has 21 heavy (non-hydrogen) atoms. The Bertz CT molecular complexity index is 626. The lowest BCUT2D eigenvalue weighted by atomic mass is 10.2. The monoisotopic (exact) mass is 327 g/mol. The molecule has 6 heteroatoms. The van der Waals surface area contributed by atoms with Crippen LogP contribution in [0.25, 0.3) is 0 Å². The Hall–Kier alpha value is -1.23. The molecule has 0 unspecified atom stereocenters. The summed E-state index contributed by atoms with van der Waals surface area (Å²) in [7, 11) is 1.87. The molecule has 0 saturated carbocycles. The number of hydrogen-bond acceptors (Lipinski definition) is 3. The fraction of sp³-hybridized carbons (Fsp3) is 0.400. The third-order valence-electron chi connectivity index (χ3n) is 3.25. The summed E-state index contributed by atoms with van der Waals surface area (Å²) >= 11 is 12.5. The van der Waals surface area contributed by atoms with E-state index in [1.807, 2.05) is 43.8 Å². The Morgan fingerprint density at radius 2 is 2.10 bits per heavy atom. The van der Waals surface area contributed by atoms with Crippen LogP contribution in [0.2, 0.25) is 10.0 Å². The zero-order chi connectivity index (χ0) is 15.4. The van der Waals surface area contributed by atoms with E-state index >= 15 is 0 Å². The lowest BCUT2D eigenvalue weighted by Gasteiger charge is -2.13. The predicted octanol–water partition coefficient (Wildman–Crippen LogP) is 3.82. The van der Waals surface area contributed by atoms with Crippen molar-refractivity contribution in [3.05, 3.63) is 45.2 Å². The summed E-state index contributed by atoms with van der Waals surface area (Å²) in [5.74, 6) is 0.759. The molecule has 0 amide bonds. The molecule has 0 atom stereocenters. The number of nitrogens with zero attached hydrogens (tertiary/aromatic N) is 2. The van der Waals surface area contributed by atoms with Crippen LogP contribution in [0.5, 0.6) is 5.75 Å². The average Bonchev–Trinajstić information content (AvgIpc) is 2.75. The highest BCUT2D eigenvalue weighted by Crippen LogP contribution is 2.28. The van der Waals surface area contributed by atoms with Gasteiger partial charge in [0.1, 0.15) is 12.4 Å². The topological polar surface area (TPSA) is 39.1 Å². The van der Waals surface area contributed by atoms with E-state index in [4.69, 9.17) is 27.9 Å². The number of benzene rings is 1. The van der Waals surface area contributed by atoms with E-state index in [2.05, 4.69) is 10.4 Å². The third-order valence-corrected chi connectivity index (χ3v) is 4.09. The molecule has 114 valence electrons. The molecular weight excluding hydrogens is 309 g/mol. The fourth-order valence-electron chi connectivity index (χ4n) is 2.18. The maximum absolute atomic E-state index is 6.29. The Kier molecular flexibility index (Phi) is 5.51. The molecule has 2 rings (SSSR count). The first-order valence-corrected chi connectivity index (χ1v) is 7.60. The second-order valence-corrected chi connectivity index (χ2v) is 5.48. The molecule has 0 radical (unpaired) electrons. The summed E-state index contributed by atoms with van der Waals surface area (Å²) in [6, 6.07) is 5.64. The summed E-state index contributed by atoms with van der Waals surface area (Å²) in [4.78, 5) is 0. The molecule has 1 heterocycles. The van der Waals surface area contributed by atoms with E-state index in [0.717, 1.165) is 29.2 Å². The minimum absolute atomic E-state index is 0.366. The number of halogens is 2. The Labute approximate surface area is 135 Å². The maximum Gasteiger partial charge on any atom is 0.131 e. The molecule has 0 fully saturated rings. The lowest BCUT2D eigenvalue weighted by Crippen LogP contribution is -2.10. The smallest absolute Gasteiger partial charge is 0.131 e. The fourth-order valence-corrected chi connectivity index (χ4v) is 2.60. The molecule has 1 aromatic carbocycles. The largest absolute Gasteiger partial charge is 0.487 e. The first-order chi connectivity index (χ1) is 10.1. The van der Waals surface area contributed by atoms with Gasteiger partial charge in [0.2, 0.25) is 0 Å². The van der Waals surface area contributed by atoms with Crippen LogP contribution < -0.4 is 10.1 Å². The van der Waals surface area contributed by atoms with Gasteiger partial charge in [0.05, 0.1) is 16.4 Å². The van der Waals surface area contributed by atoms with E-state index < -0.39 is 0 Å². The van der Waals surface area contributed by atoms with Crippen LogP contribution >= 0.6 is 23.2 Å². The van der Waals surface area contributed by atoms with Crippen molar-refractivity contribution in [2.24, 2.45) is 0 Å². The van der Waals surface area contributed by atoms with Gasteiger partial charge >= 0.3 is 0 Å². The van der Waals surface area contributed by atoms with Gasteiger partial charge in [0.25, 0.3) is 0 Å². The molecular formula is C15H19Cl2N3O. The van der Waals surface area contributed by atoms with E-state index in [1.54, 1.807) is 0 Å². The van der Waals surface area contributed by atoms with E-state index in [9.17, 15) is 0 Å². The quantitative estimate of drug-likeness (QED) is 0.876. The standard InChI is InChI=1S/C15H19Cl2N3O/c1-4-20-13(15(17)10(2)19-20)9-21-14-7-5-6-12(16)11(14)8-18-3/h5-7,18H,4,8-9H2,1-3H3. The highest BCUT2D eigenvalue weighted by Gasteiger charge is 2.14. The van der Waals surface area contributed by atoms with Gasteiger partial charge in [-0.2, -0.15) is 5.10 Å². The summed E-state index contributed by atoms with van der Waals surface area (Å²) in [5, 5.41) is 8.83. The van der Waals surface area contributed by atoms with Crippen molar-refractivity contribution in [3.63, 3.8) is 0 Å². The van der Waals surface area contributed by atoms with Gasteiger partial charge in [-0.1, -0.05) is 29.3 Å². The van der Waals surface area contributed by atoms with E-state index in [1.165, 1.54) is 0 Å². The van der Waals surface area contributed by atoms with Gasteiger partial charge < -0.3 is 10.1 Å². The number of hydrogen-bond donors (Lipinski definition) is 1. The van der Waals surface area contributed by atoms with E-state index in [-0.39, 0.29) is 0 Å². The molecule has 2 aromatic rings. The van der Waals surface area contributed by atoms with Crippen LogP contribution in [0, 0.1) is 6.92 Å². The average molecular weight is 328 g/mol. The van der Waals surface area contributed by atoms with Crippen molar-refractivity contribution in [2.75, 3.05) is 7.05 Å². The van der Waals surface area contributed by atoms with Gasteiger partial charge in [-0.3, -0.25) is 4.68 Å². The van der Waals surface area contributed by atoms with Crippen LogP contribution in [-0.2, 0) is 19.7 Å². The van der Waals surface area contributed by atoms with Crippen LogP contribution in [0.15, 0.2) is 18.2 Å². The van der Waals surface area contributed by atoms with Gasteiger partial charge in [0.15, 0.2) is 0 Å². The zero-order valence-corrected chi connectivity index (χ0v) is 13.9. The van der Waals surface area contributed by atoms with Crippen molar-refractivity contribution in [1.82, 2.24) is 15.1 Å². The summed E-state index contributed by atoms with van der Waals surface area (Å²) in [5.41, 5.74) is 2.64. The number of aromatic nitrogens is 2. The molecule has 0 aliphatic heterocycles. The number of ether oxygens (including phenoxy) is 1. The van der Waals surface area contributed by atoms with Crippen molar-refractivity contribution in [2.45, 2.75) is 33.5 Å². The Balaban J connectivity index is 2.23. The van der Waals surface area contributed by atoms with Gasteiger partial charge in [-0.15, -0.1) is 0 Å². The lowest BCUT2D eigenvalue weighted by molar-refractivity contribution is 0.289. The molecule has 0 spiro atoms. The van der Waals surface area contributed by atoms with Crippen molar-refractivity contribution in [1.29, 1.82) is 0 Å². The van der Waals surface area contributed by atoms with Crippen LogP contribution in [0.4, 0.5) is 0 Å². The van der Waals surface area contributed by atoms with Crippen molar-refractivity contribution in [3.8, 4) is 5.75 Å². The molecule has 0 bridgehead atoms. The van der Waals surface area contributed by atoms with Gasteiger partial charge in [0, 0.05) is 23.7 Å². The second kappa shape index (κ2) is 7.16. The summed E-state index contributed by atoms with van der Waals surface area (Å²) < 4.78 is 7.78. The van der Waals surface area contributed by atoms with Crippen molar-refractivity contribution >= 4 is 23.2 Å². The van der Waals surface area contributed by atoms with E-state index in [0.29, 0.717) is 23.2 Å². The zero-order valence-electron chi connectivity index (χ0n) is 12.4. The van der Waals surface area contributed by atoms with Gasteiger partial charge in [-0.05, 0) is 33.0 Å². The van der Waals surface area contributed by atoms with Gasteiger partial charge in [-0.25, -0.2) is 0 Å². The van der Waals surface area contributed by atoms with Crippen molar-refractivity contribution < 1.29 is 4.74 Å². The highest BCUT2D eigenvalue weighted by atomic mass is 35.5. The molecule has 0 saturated heterocycles. The Morgan fingerprint density at radius 3 is 2.76 bits per heavy atom. The predicted molar refractivity (Wildman–Crippen MR) is 86.2 cm³/mol.